The van der Waals surface area contributed by atoms with E-state index in [1.165, 1.54) is 6.07 Å². The van der Waals surface area contributed by atoms with Crippen LogP contribution >= 0.6 is 0 Å². The summed E-state index contributed by atoms with van der Waals surface area (Å²) in [6.45, 7) is 5.68. The third kappa shape index (κ3) is 2.31. The van der Waals surface area contributed by atoms with Crippen LogP contribution in [0.4, 0.5) is 11.5 Å². The number of hydrogen-bond donors (Lipinski definition) is 0. The van der Waals surface area contributed by atoms with Gasteiger partial charge in [0, 0.05) is 11.9 Å². The maximum Gasteiger partial charge on any atom is 0.287 e. The van der Waals surface area contributed by atoms with Gasteiger partial charge in [0.2, 0.25) is 0 Å². The van der Waals surface area contributed by atoms with Crippen molar-refractivity contribution < 1.29 is 8.42 Å². The summed E-state index contributed by atoms with van der Waals surface area (Å²) in [6.07, 6.45) is 1.59. The summed E-state index contributed by atoms with van der Waals surface area (Å²) in [6, 6.07) is 9.18. The van der Waals surface area contributed by atoms with Crippen LogP contribution in [0.3, 0.4) is 0 Å². The molecule has 0 amide bonds. The number of amidine groups is 1. The second-order valence-electron chi connectivity index (χ2n) is 5.12. The molecule has 0 saturated carbocycles. The molecule has 6 heteroatoms. The average Bonchev–Trinajstić information content (AvgIpc) is 2.36. The van der Waals surface area contributed by atoms with Crippen molar-refractivity contribution in [3.05, 3.63) is 47.7 Å². The van der Waals surface area contributed by atoms with Crippen molar-refractivity contribution in [1.82, 2.24) is 4.98 Å². The van der Waals surface area contributed by atoms with Crippen molar-refractivity contribution in [2.24, 2.45) is 4.40 Å². The molecular weight excluding hydrogens is 286 g/mol. The van der Waals surface area contributed by atoms with Crippen LogP contribution in [-0.2, 0) is 10.0 Å². The fourth-order valence-electron chi connectivity index (χ4n) is 2.56. The van der Waals surface area contributed by atoms with E-state index in [-0.39, 0.29) is 4.90 Å². The highest BCUT2D eigenvalue weighted by molar-refractivity contribution is 7.90. The smallest absolute Gasteiger partial charge is 0.281 e. The van der Waals surface area contributed by atoms with Gasteiger partial charge in [-0.15, -0.1) is 4.40 Å². The van der Waals surface area contributed by atoms with Gasteiger partial charge in [-0.25, -0.2) is 4.98 Å². The van der Waals surface area contributed by atoms with E-state index in [0.717, 1.165) is 16.8 Å². The number of pyridine rings is 1. The molecule has 1 aliphatic heterocycles. The minimum Gasteiger partial charge on any atom is -0.281 e. The predicted molar refractivity (Wildman–Crippen MR) is 82.6 cm³/mol. The number of sulfonamides is 1. The lowest BCUT2D eigenvalue weighted by atomic mass is 10.1. The van der Waals surface area contributed by atoms with Gasteiger partial charge in [0.1, 0.15) is 10.7 Å². The molecule has 5 nitrogen and oxygen atoms in total. The van der Waals surface area contributed by atoms with Crippen molar-refractivity contribution in [1.29, 1.82) is 0 Å². The minimum absolute atomic E-state index is 0.134. The lowest BCUT2D eigenvalue weighted by Gasteiger charge is -2.28. The summed E-state index contributed by atoms with van der Waals surface area (Å²) in [4.78, 5) is 6.16. The molecule has 0 atom stereocenters. The summed E-state index contributed by atoms with van der Waals surface area (Å²) in [7, 11) is -3.67. The van der Waals surface area contributed by atoms with Gasteiger partial charge in [0.05, 0.1) is 0 Å². The summed E-state index contributed by atoms with van der Waals surface area (Å²) >= 11 is 0. The van der Waals surface area contributed by atoms with Crippen LogP contribution in [0.15, 0.2) is 45.8 Å². The Bertz CT molecular complexity index is 837. The number of benzene rings is 1. The molecule has 0 radical (unpaired) electrons. The Labute approximate surface area is 124 Å². The van der Waals surface area contributed by atoms with Crippen LogP contribution in [0, 0.1) is 13.8 Å². The molecule has 1 aliphatic rings. The summed E-state index contributed by atoms with van der Waals surface area (Å²) in [5.41, 5.74) is 3.07. The van der Waals surface area contributed by atoms with E-state index in [1.807, 2.05) is 26.0 Å². The first-order valence-corrected chi connectivity index (χ1v) is 7.97. The van der Waals surface area contributed by atoms with Crippen LogP contribution in [0.5, 0.6) is 0 Å². The van der Waals surface area contributed by atoms with E-state index in [4.69, 9.17) is 0 Å². The average molecular weight is 301 g/mol. The minimum atomic E-state index is -3.67. The molecule has 108 valence electrons. The van der Waals surface area contributed by atoms with Crippen molar-refractivity contribution >= 4 is 27.4 Å². The van der Waals surface area contributed by atoms with E-state index in [2.05, 4.69) is 15.4 Å². The molecule has 3 rings (SSSR count). The Morgan fingerprint density at radius 3 is 2.38 bits per heavy atom. The van der Waals surface area contributed by atoms with Gasteiger partial charge in [0.15, 0.2) is 5.82 Å². The standard InChI is InChI=1S/C15H15N3O2S/c1-10-7-11(2)9-13(8-10)18-12(3)17-21(19,20)14-5-4-6-16-15(14)18/h4-9H,1-3H3. The summed E-state index contributed by atoms with van der Waals surface area (Å²) in [5.74, 6) is 0.793. The number of nitrogens with zero attached hydrogens (tertiary/aromatic N) is 3. The summed E-state index contributed by atoms with van der Waals surface area (Å²) in [5, 5.41) is 0. The SMILES string of the molecule is CC1=NS(=O)(=O)c2cccnc2N1c1cc(C)cc(C)c1. The van der Waals surface area contributed by atoms with Crippen LogP contribution in [0.2, 0.25) is 0 Å². The Hall–Kier alpha value is -2.21. The molecule has 0 N–H and O–H groups in total. The van der Waals surface area contributed by atoms with E-state index >= 15 is 0 Å². The number of hydrogen-bond acceptors (Lipinski definition) is 4. The second kappa shape index (κ2) is 4.66. The molecule has 1 aromatic carbocycles. The molecule has 2 aromatic rings. The molecule has 2 heterocycles. The first kappa shape index (κ1) is 13.8. The first-order chi connectivity index (χ1) is 9.88. The molecule has 0 bridgehead atoms. The van der Waals surface area contributed by atoms with Crippen molar-refractivity contribution in [2.45, 2.75) is 25.7 Å². The van der Waals surface area contributed by atoms with Gasteiger partial charge in [-0.3, -0.25) is 4.90 Å². The third-order valence-electron chi connectivity index (χ3n) is 3.28. The number of aromatic nitrogens is 1. The molecular formula is C15H15N3O2S. The first-order valence-electron chi connectivity index (χ1n) is 6.53. The van der Waals surface area contributed by atoms with E-state index in [9.17, 15) is 8.42 Å². The van der Waals surface area contributed by atoms with Gasteiger partial charge in [-0.05, 0) is 56.2 Å². The highest BCUT2D eigenvalue weighted by Crippen LogP contribution is 2.35. The van der Waals surface area contributed by atoms with Crippen molar-refractivity contribution in [2.75, 3.05) is 4.90 Å². The Morgan fingerprint density at radius 1 is 1.05 bits per heavy atom. The van der Waals surface area contributed by atoms with Crippen LogP contribution in [-0.4, -0.2) is 19.2 Å². The topological polar surface area (TPSA) is 62.6 Å². The molecule has 0 unspecified atom stereocenters. The van der Waals surface area contributed by atoms with Gasteiger partial charge in [-0.1, -0.05) is 6.07 Å². The van der Waals surface area contributed by atoms with E-state index < -0.39 is 10.0 Å². The molecule has 0 saturated heterocycles. The van der Waals surface area contributed by atoms with E-state index in [1.54, 1.807) is 24.1 Å². The largest absolute Gasteiger partial charge is 0.287 e. The van der Waals surface area contributed by atoms with Gasteiger partial charge in [0.25, 0.3) is 10.0 Å². The monoisotopic (exact) mass is 301 g/mol. The zero-order valence-electron chi connectivity index (χ0n) is 12.0. The second-order valence-corrected chi connectivity index (χ2v) is 6.69. The maximum absolute atomic E-state index is 12.1. The molecule has 0 spiro atoms. The molecule has 1 aromatic heterocycles. The highest BCUT2D eigenvalue weighted by atomic mass is 32.2. The Balaban J connectivity index is 2.28. The van der Waals surface area contributed by atoms with E-state index in [0.29, 0.717) is 11.7 Å². The summed E-state index contributed by atoms with van der Waals surface area (Å²) < 4.78 is 28.1. The van der Waals surface area contributed by atoms with Crippen LogP contribution < -0.4 is 4.90 Å². The Morgan fingerprint density at radius 2 is 1.71 bits per heavy atom. The molecule has 0 aliphatic carbocycles. The maximum atomic E-state index is 12.1. The lowest BCUT2D eigenvalue weighted by molar-refractivity contribution is 0.597. The molecule has 0 fully saturated rings. The third-order valence-corrected chi connectivity index (χ3v) is 4.66. The normalized spacial score (nSPS) is 16.3. The zero-order chi connectivity index (χ0) is 15.2. The zero-order valence-corrected chi connectivity index (χ0v) is 12.8. The fraction of sp³-hybridized carbons (Fsp3) is 0.200. The van der Waals surface area contributed by atoms with Crippen LogP contribution in [0.25, 0.3) is 0 Å². The van der Waals surface area contributed by atoms with Crippen molar-refractivity contribution in [3.63, 3.8) is 0 Å². The lowest BCUT2D eigenvalue weighted by Crippen LogP contribution is -2.30. The van der Waals surface area contributed by atoms with Gasteiger partial charge < -0.3 is 0 Å². The van der Waals surface area contributed by atoms with Gasteiger partial charge >= 0.3 is 0 Å². The molecule has 21 heavy (non-hydrogen) atoms. The fourth-order valence-corrected chi connectivity index (χ4v) is 3.71. The highest BCUT2D eigenvalue weighted by Gasteiger charge is 2.30. The number of fused-ring (bicyclic) bond motifs is 1. The van der Waals surface area contributed by atoms with Gasteiger partial charge in [-0.2, -0.15) is 8.42 Å². The quantitative estimate of drug-likeness (QED) is 0.812. The number of rotatable bonds is 1. The number of aryl methyl sites for hydroxylation is 2. The Kier molecular flexibility index (Phi) is 3.06. The predicted octanol–water partition coefficient (Wildman–Crippen LogP) is 2.96. The number of anilines is 2. The van der Waals surface area contributed by atoms with Crippen LogP contribution in [0.1, 0.15) is 18.1 Å². The van der Waals surface area contributed by atoms with Crippen molar-refractivity contribution in [3.8, 4) is 0 Å².